The molecule has 14 heavy (non-hydrogen) atoms. The fraction of sp³-hybridized carbons (Fsp3) is 1.00. The molecule has 1 nitrogen and oxygen atoms in total. The van der Waals surface area contributed by atoms with Crippen molar-refractivity contribution in [1.82, 2.24) is 0 Å². The predicted octanol–water partition coefficient (Wildman–Crippen LogP) is 1.59. The summed E-state index contributed by atoms with van der Waals surface area (Å²) in [6.07, 6.45) is 0. The van der Waals surface area contributed by atoms with E-state index in [-0.39, 0.29) is 18.9 Å². The van der Waals surface area contributed by atoms with Crippen LogP contribution < -0.4 is 18.9 Å². The van der Waals surface area contributed by atoms with Gasteiger partial charge in [0.25, 0.3) is 0 Å². The first kappa shape index (κ1) is 17.4. The second-order valence-corrected chi connectivity index (χ2v) is 14.2. The molecule has 0 atom stereocenters. The summed E-state index contributed by atoms with van der Waals surface area (Å²) in [5.74, 6) is 0. The molecule has 0 saturated heterocycles. The Morgan fingerprint density at radius 3 is 1.07 bits per heavy atom. The van der Waals surface area contributed by atoms with E-state index in [1.165, 1.54) is 24.2 Å². The van der Waals surface area contributed by atoms with Crippen LogP contribution in [0.4, 0.5) is 0 Å². The number of hydrogen-bond donors (Lipinski definition) is 0. The van der Waals surface area contributed by atoms with E-state index in [1.807, 2.05) is 0 Å². The maximum Gasteiger partial charge on any atom is 1.00 e. The van der Waals surface area contributed by atoms with Gasteiger partial charge in [0.1, 0.15) is 0 Å². The van der Waals surface area contributed by atoms with Crippen molar-refractivity contribution in [2.75, 3.05) is 0 Å². The van der Waals surface area contributed by atoms with Crippen molar-refractivity contribution in [2.45, 2.75) is 65.0 Å². The molecular formula is C10H26LiNSi2. The molecule has 0 aliphatic rings. The number of nitrogens with zero attached hydrogens (tertiary/aromatic N) is 1. The Labute approximate surface area is 105 Å². The second kappa shape index (κ2) is 7.30. The van der Waals surface area contributed by atoms with Crippen molar-refractivity contribution in [2.24, 2.45) is 0 Å². The third-order valence-electron chi connectivity index (χ3n) is 3.59. The molecule has 0 rings (SSSR count). The molecule has 0 bridgehead atoms. The summed E-state index contributed by atoms with van der Waals surface area (Å²) in [6.45, 7) is 14.2. The first-order chi connectivity index (χ1) is 5.95. The minimum Gasteiger partial charge on any atom is -0.667 e. The van der Waals surface area contributed by atoms with Gasteiger partial charge in [-0.25, -0.2) is 0 Å². The molecule has 0 amide bonds. The average Bonchev–Trinajstić information content (AvgIpc) is 2.17. The van der Waals surface area contributed by atoms with E-state index in [0.29, 0.717) is 0 Å². The van der Waals surface area contributed by atoms with E-state index in [1.54, 1.807) is 0 Å². The maximum atomic E-state index is 5.29. The molecule has 0 spiro atoms. The van der Waals surface area contributed by atoms with Crippen LogP contribution in [0.5, 0.6) is 0 Å². The minimum absolute atomic E-state index is 0. The zero-order chi connectivity index (χ0) is 10.5. The van der Waals surface area contributed by atoms with Crippen molar-refractivity contribution < 1.29 is 18.9 Å². The molecule has 0 unspecified atom stereocenters. The van der Waals surface area contributed by atoms with Gasteiger partial charge in [-0.3, -0.25) is 0 Å². The topological polar surface area (TPSA) is 14.1 Å². The van der Waals surface area contributed by atoms with E-state index in [4.69, 9.17) is 4.65 Å². The van der Waals surface area contributed by atoms with Gasteiger partial charge in [-0.2, -0.15) is 0 Å². The van der Waals surface area contributed by atoms with Crippen molar-refractivity contribution >= 4 is 16.5 Å². The van der Waals surface area contributed by atoms with Gasteiger partial charge in [0.2, 0.25) is 0 Å². The zero-order valence-corrected chi connectivity index (χ0v) is 13.3. The van der Waals surface area contributed by atoms with Gasteiger partial charge in [-0.1, -0.05) is 81.4 Å². The van der Waals surface area contributed by atoms with Crippen LogP contribution >= 0.6 is 0 Å². The van der Waals surface area contributed by atoms with Crippen LogP contribution in [0, 0.1) is 0 Å². The predicted molar refractivity (Wildman–Crippen MR) is 68.5 cm³/mol. The molecule has 0 N–H and O–H groups in total. The summed E-state index contributed by atoms with van der Waals surface area (Å²) in [5, 5.41) is 0. The van der Waals surface area contributed by atoms with E-state index in [9.17, 15) is 0 Å². The maximum absolute atomic E-state index is 5.29. The summed E-state index contributed by atoms with van der Waals surface area (Å²) in [4.78, 5) is 0. The molecule has 0 aromatic rings. The van der Waals surface area contributed by atoms with Crippen molar-refractivity contribution in [3.8, 4) is 0 Å². The van der Waals surface area contributed by atoms with Crippen LogP contribution in [0.3, 0.4) is 0 Å². The molecule has 4 heteroatoms. The molecule has 0 saturated carbocycles. The van der Waals surface area contributed by atoms with Crippen LogP contribution in [0.25, 0.3) is 4.65 Å². The Morgan fingerprint density at radius 1 is 0.714 bits per heavy atom. The summed E-state index contributed by atoms with van der Waals surface area (Å²) in [6, 6.07) is 5.30. The number of hydrogen-bond acceptors (Lipinski definition) is 0. The van der Waals surface area contributed by atoms with Gasteiger partial charge in [-0.15, -0.1) is 0 Å². The largest absolute Gasteiger partial charge is 1.00 e. The van der Waals surface area contributed by atoms with Crippen LogP contribution in [0.15, 0.2) is 0 Å². The fourth-order valence-electron chi connectivity index (χ4n) is 1.47. The van der Waals surface area contributed by atoms with E-state index >= 15 is 0 Å². The Balaban J connectivity index is 0. The van der Waals surface area contributed by atoms with Crippen molar-refractivity contribution in [3.63, 3.8) is 0 Å². The summed E-state index contributed by atoms with van der Waals surface area (Å²) in [7, 11) is -2.38. The second-order valence-electron chi connectivity index (χ2n) is 4.52. The Morgan fingerprint density at radius 2 is 0.929 bits per heavy atom. The summed E-state index contributed by atoms with van der Waals surface area (Å²) < 4.78 is 5.29. The van der Waals surface area contributed by atoms with Crippen LogP contribution in [0.1, 0.15) is 27.7 Å². The molecule has 0 radical (unpaired) electrons. The van der Waals surface area contributed by atoms with Crippen LogP contribution in [0.2, 0.25) is 37.3 Å². The Bertz CT molecular complexity index is 129. The molecule has 0 aromatic carbocycles. The summed E-state index contributed by atoms with van der Waals surface area (Å²) in [5.41, 5.74) is 0. The Kier molecular flexibility index (Phi) is 9.06. The van der Waals surface area contributed by atoms with Gasteiger partial charge < -0.3 is 4.65 Å². The zero-order valence-electron chi connectivity index (χ0n) is 11.3. The van der Waals surface area contributed by atoms with Gasteiger partial charge in [-0.05, 0) is 0 Å². The van der Waals surface area contributed by atoms with Gasteiger partial charge in [0.05, 0.1) is 0 Å². The van der Waals surface area contributed by atoms with E-state index < -0.39 is 16.5 Å². The smallest absolute Gasteiger partial charge is 0.667 e. The molecule has 0 aliphatic carbocycles. The third-order valence-corrected chi connectivity index (χ3v) is 14.0. The molecule has 80 valence electrons. The summed E-state index contributed by atoms with van der Waals surface area (Å²) >= 11 is 0. The minimum atomic E-state index is -1.19. The van der Waals surface area contributed by atoms with Crippen LogP contribution in [-0.2, 0) is 0 Å². The molecular weight excluding hydrogens is 197 g/mol. The molecule has 0 heterocycles. The van der Waals surface area contributed by atoms with E-state index in [0.717, 1.165) is 0 Å². The monoisotopic (exact) mass is 223 g/mol. The van der Waals surface area contributed by atoms with Gasteiger partial charge in [0, 0.05) is 0 Å². The van der Waals surface area contributed by atoms with Crippen LogP contribution in [-0.4, -0.2) is 16.5 Å². The fourth-order valence-corrected chi connectivity index (χ4v) is 10.2. The number of rotatable bonds is 6. The van der Waals surface area contributed by atoms with Gasteiger partial charge >= 0.3 is 18.9 Å². The Hall–Kier alpha value is 0.991. The van der Waals surface area contributed by atoms with Crippen molar-refractivity contribution in [1.29, 1.82) is 0 Å². The SMILES string of the molecule is CC[Si](C)(CC)[N-][Si](C)(CC)CC.[Li+]. The first-order valence-electron chi connectivity index (χ1n) is 5.69. The quantitative estimate of drug-likeness (QED) is 0.607. The normalized spacial score (nSPS) is 12.4. The van der Waals surface area contributed by atoms with Crippen molar-refractivity contribution in [3.05, 3.63) is 4.65 Å². The molecule has 0 aliphatic heterocycles. The van der Waals surface area contributed by atoms with Gasteiger partial charge in [0.15, 0.2) is 0 Å². The molecule has 0 fully saturated rings. The first-order valence-corrected chi connectivity index (χ1v) is 11.4. The van der Waals surface area contributed by atoms with E-state index in [2.05, 4.69) is 40.8 Å². The third kappa shape index (κ3) is 5.18. The average molecular weight is 223 g/mol. The standard InChI is InChI=1S/C10H26NSi2.Li/c1-7-12(5,8-2)11-13(6,9-3)10-4;/h7-10H2,1-6H3;/q-1;+1. The molecule has 0 aromatic heterocycles.